The number of hydrogen-bond acceptors (Lipinski definition) is 2. The van der Waals surface area contributed by atoms with E-state index in [0.29, 0.717) is 6.42 Å². The van der Waals surface area contributed by atoms with Crippen molar-refractivity contribution >= 4 is 12.6 Å². The fraction of sp³-hybridized carbons (Fsp3) is 0.600. The number of thiol groups is 1. The summed E-state index contributed by atoms with van der Waals surface area (Å²) in [7, 11) is 0. The Kier molecular flexibility index (Phi) is 4.25. The molecule has 0 heterocycles. The second kappa shape index (κ2) is 4.22. The summed E-state index contributed by atoms with van der Waals surface area (Å²) in [6, 6.07) is 0. The molecule has 0 radical (unpaired) electrons. The average molecular weight is 118 g/mol. The Hall–Kier alpha value is 0.0500. The summed E-state index contributed by atoms with van der Waals surface area (Å²) in [5, 5.41) is 8.28. The van der Waals surface area contributed by atoms with E-state index >= 15 is 0 Å². The van der Waals surface area contributed by atoms with Crippen molar-refractivity contribution in [3.8, 4) is 0 Å². The third-order valence-electron chi connectivity index (χ3n) is 0.701. The Bertz CT molecular complexity index is 68.5. The molecule has 42 valence electrons. The van der Waals surface area contributed by atoms with Crippen LogP contribution < -0.4 is 0 Å². The predicted octanol–water partition coefficient (Wildman–Crippen LogP) is 1.20. The maximum atomic E-state index is 8.28. The summed E-state index contributed by atoms with van der Waals surface area (Å²) in [4.78, 5) is 0.947. The topological polar surface area (TPSA) is 20.2 Å². The van der Waals surface area contributed by atoms with Crippen molar-refractivity contribution in [2.45, 2.75) is 13.3 Å². The third kappa shape index (κ3) is 3.89. The first kappa shape index (κ1) is 7.05. The van der Waals surface area contributed by atoms with Crippen LogP contribution in [0.2, 0.25) is 0 Å². The van der Waals surface area contributed by atoms with Gasteiger partial charge in [0.25, 0.3) is 0 Å². The minimum absolute atomic E-state index is 0.198. The summed E-state index contributed by atoms with van der Waals surface area (Å²) in [5.74, 6) is 0. The number of aliphatic hydroxyl groups excluding tert-OH is 1. The van der Waals surface area contributed by atoms with E-state index in [2.05, 4.69) is 12.6 Å². The Morgan fingerprint density at radius 2 is 2.43 bits per heavy atom. The largest absolute Gasteiger partial charge is 0.396 e. The lowest BCUT2D eigenvalue weighted by atomic mass is 10.4. The van der Waals surface area contributed by atoms with Gasteiger partial charge in [0, 0.05) is 13.0 Å². The van der Waals surface area contributed by atoms with Crippen molar-refractivity contribution in [1.82, 2.24) is 0 Å². The first-order valence-corrected chi connectivity index (χ1v) is 2.71. The quantitative estimate of drug-likeness (QED) is 0.522. The van der Waals surface area contributed by atoms with Crippen LogP contribution in [0, 0.1) is 0 Å². The van der Waals surface area contributed by atoms with E-state index in [0.717, 1.165) is 4.91 Å². The highest BCUT2D eigenvalue weighted by Gasteiger charge is 1.82. The molecule has 0 aromatic heterocycles. The van der Waals surface area contributed by atoms with E-state index in [1.165, 1.54) is 0 Å². The Morgan fingerprint density at radius 1 is 1.86 bits per heavy atom. The van der Waals surface area contributed by atoms with Gasteiger partial charge in [0.15, 0.2) is 0 Å². The van der Waals surface area contributed by atoms with Crippen molar-refractivity contribution in [2.24, 2.45) is 0 Å². The van der Waals surface area contributed by atoms with Crippen molar-refractivity contribution in [1.29, 1.82) is 0 Å². The lowest BCUT2D eigenvalue weighted by molar-refractivity contribution is 0.301. The Labute approximate surface area is 49.5 Å². The molecule has 0 aliphatic heterocycles. The summed E-state index contributed by atoms with van der Waals surface area (Å²) < 4.78 is 0. The highest BCUT2D eigenvalue weighted by atomic mass is 32.1. The van der Waals surface area contributed by atoms with Gasteiger partial charge in [-0.1, -0.05) is 6.08 Å². The normalized spacial score (nSPS) is 12.1. The van der Waals surface area contributed by atoms with Crippen LogP contribution in [0.15, 0.2) is 11.0 Å². The first-order chi connectivity index (χ1) is 3.31. The average Bonchev–Trinajstić information content (AvgIpc) is 1.68. The van der Waals surface area contributed by atoms with E-state index in [4.69, 9.17) is 5.11 Å². The number of aliphatic hydroxyl groups is 1. The van der Waals surface area contributed by atoms with Crippen molar-refractivity contribution in [3.63, 3.8) is 0 Å². The van der Waals surface area contributed by atoms with Gasteiger partial charge in [0.2, 0.25) is 0 Å². The van der Waals surface area contributed by atoms with Crippen LogP contribution >= 0.6 is 12.6 Å². The minimum Gasteiger partial charge on any atom is -0.396 e. The lowest BCUT2D eigenvalue weighted by Gasteiger charge is -1.89. The number of rotatable bonds is 2. The molecular weight excluding hydrogens is 108 g/mol. The smallest absolute Gasteiger partial charge is 0.0476 e. The third-order valence-corrected chi connectivity index (χ3v) is 1.18. The molecule has 0 aliphatic carbocycles. The van der Waals surface area contributed by atoms with Gasteiger partial charge < -0.3 is 5.11 Å². The van der Waals surface area contributed by atoms with Crippen LogP contribution in [0.1, 0.15) is 13.3 Å². The first-order valence-electron chi connectivity index (χ1n) is 2.26. The SMILES string of the molecule is CC=C(S)CCO. The van der Waals surface area contributed by atoms with Crippen molar-refractivity contribution < 1.29 is 5.11 Å². The predicted molar refractivity (Wildman–Crippen MR) is 34.4 cm³/mol. The molecule has 0 saturated carbocycles. The van der Waals surface area contributed by atoms with E-state index in [1.54, 1.807) is 0 Å². The maximum absolute atomic E-state index is 8.28. The van der Waals surface area contributed by atoms with Crippen LogP contribution in [-0.4, -0.2) is 11.7 Å². The molecule has 0 rings (SSSR count). The molecule has 0 saturated heterocycles. The molecule has 1 nitrogen and oxygen atoms in total. The fourth-order valence-electron chi connectivity index (χ4n) is 0.259. The molecule has 1 N–H and O–H groups in total. The zero-order valence-corrected chi connectivity index (χ0v) is 5.28. The Morgan fingerprint density at radius 3 is 2.57 bits per heavy atom. The van der Waals surface area contributed by atoms with Crippen LogP contribution in [-0.2, 0) is 0 Å². The summed E-state index contributed by atoms with van der Waals surface area (Å²) in [6.45, 7) is 2.10. The number of hydrogen-bond donors (Lipinski definition) is 2. The summed E-state index contributed by atoms with van der Waals surface area (Å²) >= 11 is 4.01. The van der Waals surface area contributed by atoms with Crippen molar-refractivity contribution in [3.05, 3.63) is 11.0 Å². The molecule has 0 atom stereocenters. The van der Waals surface area contributed by atoms with Gasteiger partial charge in [-0.05, 0) is 11.8 Å². The molecule has 0 unspecified atom stereocenters. The van der Waals surface area contributed by atoms with E-state index in [1.807, 2.05) is 13.0 Å². The van der Waals surface area contributed by atoms with Crippen LogP contribution in [0.4, 0.5) is 0 Å². The van der Waals surface area contributed by atoms with Crippen LogP contribution in [0.3, 0.4) is 0 Å². The molecule has 0 amide bonds. The second-order valence-corrected chi connectivity index (χ2v) is 1.83. The number of allylic oxidation sites excluding steroid dienone is 1. The molecule has 0 bridgehead atoms. The van der Waals surface area contributed by atoms with Gasteiger partial charge in [0.1, 0.15) is 0 Å². The highest BCUT2D eigenvalue weighted by Crippen LogP contribution is 2.02. The van der Waals surface area contributed by atoms with Gasteiger partial charge in [-0.25, -0.2) is 0 Å². The zero-order chi connectivity index (χ0) is 5.70. The molecule has 2 heteroatoms. The van der Waals surface area contributed by atoms with Gasteiger partial charge in [0.05, 0.1) is 0 Å². The van der Waals surface area contributed by atoms with Crippen LogP contribution in [0.5, 0.6) is 0 Å². The van der Waals surface area contributed by atoms with Gasteiger partial charge >= 0.3 is 0 Å². The molecule has 0 aliphatic rings. The van der Waals surface area contributed by atoms with Gasteiger partial charge in [-0.2, -0.15) is 0 Å². The molecule has 7 heavy (non-hydrogen) atoms. The van der Waals surface area contributed by atoms with Gasteiger partial charge in [-0.15, -0.1) is 12.6 Å². The standard InChI is InChI=1S/C5H10OS/c1-2-5(7)3-4-6/h2,6-7H,3-4H2,1H3. The summed E-state index contributed by atoms with van der Waals surface area (Å²) in [6.07, 6.45) is 2.55. The monoisotopic (exact) mass is 118 g/mol. The zero-order valence-electron chi connectivity index (χ0n) is 4.39. The maximum Gasteiger partial charge on any atom is 0.0476 e. The van der Waals surface area contributed by atoms with Crippen molar-refractivity contribution in [2.75, 3.05) is 6.61 Å². The molecule has 0 aromatic carbocycles. The molecular formula is C5H10OS. The summed E-state index contributed by atoms with van der Waals surface area (Å²) in [5.41, 5.74) is 0. The fourth-order valence-corrected chi connectivity index (χ4v) is 0.359. The van der Waals surface area contributed by atoms with Crippen LogP contribution in [0.25, 0.3) is 0 Å². The molecule has 0 spiro atoms. The highest BCUT2D eigenvalue weighted by molar-refractivity contribution is 7.84. The minimum atomic E-state index is 0.198. The van der Waals surface area contributed by atoms with E-state index in [-0.39, 0.29) is 6.61 Å². The van der Waals surface area contributed by atoms with E-state index in [9.17, 15) is 0 Å². The lowest BCUT2D eigenvalue weighted by Crippen LogP contribution is -1.79. The molecule has 0 aromatic rings. The Balaban J connectivity index is 3.17. The van der Waals surface area contributed by atoms with Gasteiger partial charge in [-0.3, -0.25) is 0 Å². The second-order valence-electron chi connectivity index (χ2n) is 1.25. The van der Waals surface area contributed by atoms with E-state index < -0.39 is 0 Å². The molecule has 0 fully saturated rings.